The summed E-state index contributed by atoms with van der Waals surface area (Å²) in [4.78, 5) is 24.4. The molecular formula is C22H24N4O3. The summed E-state index contributed by atoms with van der Waals surface area (Å²) in [6.45, 7) is 0. The molecule has 1 aromatic heterocycles. The topological polar surface area (TPSA) is 96.1 Å². The van der Waals surface area contributed by atoms with Gasteiger partial charge in [-0.3, -0.25) is 9.59 Å². The van der Waals surface area contributed by atoms with Crippen molar-refractivity contribution in [2.75, 3.05) is 0 Å². The number of allylic oxidation sites excluding steroid dienone is 4. The molecular weight excluding hydrogens is 368 g/mol. The van der Waals surface area contributed by atoms with E-state index in [0.29, 0.717) is 35.5 Å². The number of nitrogens with zero attached hydrogens (tertiary/aromatic N) is 2. The quantitative estimate of drug-likeness (QED) is 0.442. The van der Waals surface area contributed by atoms with Crippen LogP contribution in [0, 0.1) is 35.5 Å². The molecule has 7 heteroatoms. The summed E-state index contributed by atoms with van der Waals surface area (Å²) < 4.78 is 5.36. The zero-order chi connectivity index (χ0) is 19.8. The summed E-state index contributed by atoms with van der Waals surface area (Å²) in [5, 5.41) is 8.13. The Kier molecular flexibility index (Phi) is 4.66. The number of hydrogen-bond donors (Lipinski definition) is 2. The van der Waals surface area contributed by atoms with E-state index in [2.05, 4.69) is 45.4 Å². The first-order valence-corrected chi connectivity index (χ1v) is 10.3. The molecule has 2 saturated carbocycles. The number of hydrogen-bond acceptors (Lipinski definition) is 5. The molecule has 0 aromatic carbocycles. The minimum Gasteiger partial charge on any atom is -0.446 e. The van der Waals surface area contributed by atoms with Crippen LogP contribution in [0.25, 0.3) is 0 Å². The van der Waals surface area contributed by atoms with E-state index in [0.717, 1.165) is 12.8 Å². The van der Waals surface area contributed by atoms with Crippen molar-refractivity contribution >= 4 is 24.2 Å². The second kappa shape index (κ2) is 7.46. The normalized spacial score (nSPS) is 34.1. The van der Waals surface area contributed by atoms with E-state index in [1.807, 2.05) is 12.4 Å². The van der Waals surface area contributed by atoms with Gasteiger partial charge < -0.3 is 4.42 Å². The lowest BCUT2D eigenvalue weighted by Crippen LogP contribution is -2.20. The van der Waals surface area contributed by atoms with Crippen LogP contribution >= 0.6 is 0 Å². The number of nitrogens with one attached hydrogen (secondary N) is 2. The number of fused-ring (bicyclic) bond motifs is 4. The van der Waals surface area contributed by atoms with E-state index < -0.39 is 11.8 Å². The van der Waals surface area contributed by atoms with Gasteiger partial charge in [0.15, 0.2) is 11.5 Å². The highest BCUT2D eigenvalue weighted by Gasteiger charge is 2.35. The molecule has 0 radical (unpaired) electrons. The third-order valence-corrected chi connectivity index (χ3v) is 6.58. The summed E-state index contributed by atoms with van der Waals surface area (Å²) >= 11 is 0. The first-order valence-electron chi connectivity index (χ1n) is 10.3. The van der Waals surface area contributed by atoms with Crippen molar-refractivity contribution in [3.05, 3.63) is 48.0 Å². The average molecular weight is 392 g/mol. The fourth-order valence-corrected chi connectivity index (χ4v) is 5.06. The molecule has 150 valence electrons. The molecule has 0 saturated heterocycles. The molecule has 0 spiro atoms. The van der Waals surface area contributed by atoms with Gasteiger partial charge in [0.25, 0.3) is 0 Å². The summed E-state index contributed by atoms with van der Waals surface area (Å²) in [7, 11) is 0. The highest BCUT2D eigenvalue weighted by atomic mass is 16.4. The van der Waals surface area contributed by atoms with E-state index in [1.54, 1.807) is 0 Å². The van der Waals surface area contributed by atoms with E-state index in [4.69, 9.17) is 4.42 Å². The summed E-state index contributed by atoms with van der Waals surface area (Å²) in [5.74, 6) is 2.28. The molecule has 0 aliphatic heterocycles. The van der Waals surface area contributed by atoms with Crippen molar-refractivity contribution < 1.29 is 14.0 Å². The van der Waals surface area contributed by atoms with Crippen molar-refractivity contribution in [1.82, 2.24) is 10.9 Å². The second-order valence-electron chi connectivity index (χ2n) is 8.49. The highest BCUT2D eigenvalue weighted by molar-refractivity contribution is 5.95. The second-order valence-corrected chi connectivity index (χ2v) is 8.49. The van der Waals surface area contributed by atoms with Crippen LogP contribution in [0.4, 0.5) is 0 Å². The van der Waals surface area contributed by atoms with Crippen LogP contribution in [0.2, 0.25) is 0 Å². The molecule has 4 aliphatic rings. The van der Waals surface area contributed by atoms with Crippen LogP contribution < -0.4 is 10.9 Å². The van der Waals surface area contributed by atoms with Crippen LogP contribution in [0.3, 0.4) is 0 Å². The number of amides is 2. The smallest absolute Gasteiger partial charge is 0.307 e. The molecule has 7 nitrogen and oxygen atoms in total. The molecule has 2 N–H and O–H groups in total. The SMILES string of the molecule is O=C(N/N=C\[C@@H]1C[C@@H]2C=C[C@@H]1C2)c1ccc(C(=O)N/N=C\[C@H]2C[C@@H]3C=C[C@@H]2C3)o1. The zero-order valence-electron chi connectivity index (χ0n) is 16.0. The molecule has 4 aliphatic carbocycles. The molecule has 6 atom stereocenters. The van der Waals surface area contributed by atoms with Crippen molar-refractivity contribution in [1.29, 1.82) is 0 Å². The Hall–Kier alpha value is -2.96. The van der Waals surface area contributed by atoms with Crippen LogP contribution in [0.15, 0.2) is 51.1 Å². The van der Waals surface area contributed by atoms with Gasteiger partial charge in [0, 0.05) is 24.3 Å². The van der Waals surface area contributed by atoms with Gasteiger partial charge in [-0.2, -0.15) is 10.2 Å². The minimum absolute atomic E-state index is 0.0438. The monoisotopic (exact) mass is 392 g/mol. The van der Waals surface area contributed by atoms with Crippen LogP contribution in [-0.2, 0) is 0 Å². The lowest BCUT2D eigenvalue weighted by atomic mass is 9.95. The predicted octanol–water partition coefficient (Wildman–Crippen LogP) is 3.14. The molecule has 2 fully saturated rings. The standard InChI is InChI=1S/C22H24N4O3/c27-21(25-23-11-17-9-13-1-3-15(17)7-13)19-5-6-20(29-19)22(28)26-24-12-18-10-14-2-4-16(18)8-14/h1-6,11-18H,7-10H2,(H,25,27)(H,26,28)/b23-11-,24-12-/t13-,14-,15-,16-,17-,18+/m1/s1. The van der Waals surface area contributed by atoms with E-state index in [1.165, 1.54) is 25.0 Å². The molecule has 5 rings (SSSR count). The highest BCUT2D eigenvalue weighted by Crippen LogP contribution is 2.43. The summed E-state index contributed by atoms with van der Waals surface area (Å²) in [6.07, 6.45) is 17.2. The first-order chi connectivity index (χ1) is 14.2. The number of carbonyl (C=O) groups excluding carboxylic acids is 2. The fourth-order valence-electron chi connectivity index (χ4n) is 5.06. The number of hydrazone groups is 2. The van der Waals surface area contributed by atoms with Gasteiger partial charge in [0.05, 0.1) is 0 Å². The summed E-state index contributed by atoms with van der Waals surface area (Å²) in [5.41, 5.74) is 4.96. The Balaban J connectivity index is 1.11. The molecule has 0 unspecified atom stereocenters. The van der Waals surface area contributed by atoms with Gasteiger partial charge in [-0.1, -0.05) is 24.3 Å². The van der Waals surface area contributed by atoms with Crippen molar-refractivity contribution in [2.24, 2.45) is 45.7 Å². The zero-order valence-corrected chi connectivity index (χ0v) is 16.0. The third-order valence-electron chi connectivity index (χ3n) is 6.58. The first kappa shape index (κ1) is 18.1. The van der Waals surface area contributed by atoms with E-state index in [-0.39, 0.29) is 11.5 Å². The number of rotatable bonds is 6. The van der Waals surface area contributed by atoms with E-state index in [9.17, 15) is 9.59 Å². The van der Waals surface area contributed by atoms with Crippen molar-refractivity contribution in [3.8, 4) is 0 Å². The van der Waals surface area contributed by atoms with Gasteiger partial charge in [-0.15, -0.1) is 0 Å². The molecule has 1 aromatic rings. The van der Waals surface area contributed by atoms with Crippen molar-refractivity contribution in [3.63, 3.8) is 0 Å². The van der Waals surface area contributed by atoms with Crippen molar-refractivity contribution in [2.45, 2.75) is 25.7 Å². The molecule has 29 heavy (non-hydrogen) atoms. The third kappa shape index (κ3) is 3.69. The van der Waals surface area contributed by atoms with Gasteiger partial charge in [-0.25, -0.2) is 10.9 Å². The largest absolute Gasteiger partial charge is 0.446 e. The average Bonchev–Trinajstić information content (AvgIpc) is 3.54. The Labute approximate surface area is 169 Å². The predicted molar refractivity (Wildman–Crippen MR) is 108 cm³/mol. The Morgan fingerprint density at radius 2 is 1.28 bits per heavy atom. The fraction of sp³-hybridized carbons (Fsp3) is 0.455. The lowest BCUT2D eigenvalue weighted by molar-refractivity contribution is 0.0902. The van der Waals surface area contributed by atoms with Gasteiger partial charge in [-0.05, 0) is 61.5 Å². The number of furan rings is 1. The maximum Gasteiger partial charge on any atom is 0.307 e. The Morgan fingerprint density at radius 3 is 1.66 bits per heavy atom. The summed E-state index contributed by atoms with van der Waals surface area (Å²) in [6, 6.07) is 2.93. The number of carbonyl (C=O) groups is 2. The van der Waals surface area contributed by atoms with Crippen LogP contribution in [-0.4, -0.2) is 24.2 Å². The van der Waals surface area contributed by atoms with Crippen LogP contribution in [0.5, 0.6) is 0 Å². The maximum atomic E-state index is 12.2. The van der Waals surface area contributed by atoms with Gasteiger partial charge in [0.2, 0.25) is 0 Å². The molecule has 4 bridgehead atoms. The Morgan fingerprint density at radius 1 is 0.793 bits per heavy atom. The van der Waals surface area contributed by atoms with Crippen LogP contribution in [0.1, 0.15) is 46.8 Å². The van der Waals surface area contributed by atoms with E-state index >= 15 is 0 Å². The molecule has 2 amide bonds. The maximum absolute atomic E-state index is 12.2. The molecule has 1 heterocycles. The lowest BCUT2D eigenvalue weighted by Gasteiger charge is -2.11. The van der Waals surface area contributed by atoms with Gasteiger partial charge >= 0.3 is 11.8 Å². The van der Waals surface area contributed by atoms with Gasteiger partial charge in [0.1, 0.15) is 0 Å². The Bertz CT molecular complexity index is 856. The minimum atomic E-state index is -0.476.